The van der Waals surface area contributed by atoms with Gasteiger partial charge in [0.05, 0.1) is 6.42 Å². The SMILES string of the molecule is O=C(O)CC1(c2ccc(F)cc2)CN(C(=O)OCc2ccccc2)C1. The lowest BCUT2D eigenvalue weighted by Crippen LogP contribution is -2.62. The highest BCUT2D eigenvalue weighted by molar-refractivity contribution is 5.73. The van der Waals surface area contributed by atoms with Gasteiger partial charge in [0.15, 0.2) is 0 Å². The molecule has 0 saturated carbocycles. The van der Waals surface area contributed by atoms with Crippen LogP contribution in [-0.2, 0) is 21.6 Å². The summed E-state index contributed by atoms with van der Waals surface area (Å²) in [6.07, 6.45) is -0.604. The smallest absolute Gasteiger partial charge is 0.410 e. The monoisotopic (exact) mass is 343 g/mol. The van der Waals surface area contributed by atoms with E-state index in [1.54, 1.807) is 12.1 Å². The Morgan fingerprint density at radius 1 is 1.08 bits per heavy atom. The summed E-state index contributed by atoms with van der Waals surface area (Å²) in [6, 6.07) is 15.1. The van der Waals surface area contributed by atoms with Gasteiger partial charge in [-0.25, -0.2) is 9.18 Å². The summed E-state index contributed by atoms with van der Waals surface area (Å²) in [5, 5.41) is 9.20. The number of halogens is 1. The Hall–Kier alpha value is -2.89. The van der Waals surface area contributed by atoms with Crippen LogP contribution in [0, 0.1) is 5.82 Å². The van der Waals surface area contributed by atoms with Crippen molar-refractivity contribution < 1.29 is 23.8 Å². The number of carbonyl (C=O) groups excluding carboxylic acids is 1. The van der Waals surface area contributed by atoms with Crippen LogP contribution in [0.1, 0.15) is 17.5 Å². The average molecular weight is 343 g/mol. The molecule has 2 aromatic carbocycles. The standard InChI is InChI=1S/C19H18FNO4/c20-16-8-6-15(7-9-16)19(10-17(22)23)12-21(13-19)18(24)25-11-14-4-2-1-3-5-14/h1-9H,10-13H2,(H,22,23). The summed E-state index contributed by atoms with van der Waals surface area (Å²) in [7, 11) is 0. The number of hydrogen-bond donors (Lipinski definition) is 1. The molecule has 0 bridgehead atoms. The van der Waals surface area contributed by atoms with Gasteiger partial charge in [0, 0.05) is 18.5 Å². The third kappa shape index (κ3) is 3.79. The van der Waals surface area contributed by atoms with E-state index >= 15 is 0 Å². The molecule has 1 aliphatic heterocycles. The van der Waals surface area contributed by atoms with Crippen molar-refractivity contribution in [1.29, 1.82) is 0 Å². The zero-order valence-corrected chi connectivity index (χ0v) is 13.5. The number of rotatable bonds is 5. The van der Waals surface area contributed by atoms with E-state index in [0.717, 1.165) is 5.56 Å². The molecule has 1 saturated heterocycles. The van der Waals surface area contributed by atoms with Gasteiger partial charge in [-0.15, -0.1) is 0 Å². The Labute approximate surface area is 144 Å². The predicted octanol–water partition coefficient (Wildman–Crippen LogP) is 3.19. The molecule has 6 heteroatoms. The molecule has 1 N–H and O–H groups in total. The average Bonchev–Trinajstić information content (AvgIpc) is 2.57. The Kier molecular flexibility index (Phi) is 4.70. The zero-order chi connectivity index (χ0) is 17.9. The van der Waals surface area contributed by atoms with Gasteiger partial charge in [-0.05, 0) is 23.3 Å². The molecular weight excluding hydrogens is 325 g/mol. The summed E-state index contributed by atoms with van der Waals surface area (Å²) in [6.45, 7) is 0.635. The van der Waals surface area contributed by atoms with Crippen molar-refractivity contribution in [3.8, 4) is 0 Å². The summed E-state index contributed by atoms with van der Waals surface area (Å²) >= 11 is 0. The molecule has 1 heterocycles. The van der Waals surface area contributed by atoms with E-state index in [1.165, 1.54) is 17.0 Å². The van der Waals surface area contributed by atoms with Crippen molar-refractivity contribution in [1.82, 2.24) is 4.90 Å². The van der Waals surface area contributed by atoms with E-state index in [2.05, 4.69) is 0 Å². The molecular formula is C19H18FNO4. The van der Waals surface area contributed by atoms with Crippen molar-refractivity contribution >= 4 is 12.1 Å². The molecule has 3 rings (SSSR count). The largest absolute Gasteiger partial charge is 0.481 e. The molecule has 0 spiro atoms. The summed E-state index contributed by atoms with van der Waals surface area (Å²) in [4.78, 5) is 24.8. The second kappa shape index (κ2) is 6.93. The summed E-state index contributed by atoms with van der Waals surface area (Å²) < 4.78 is 18.4. The van der Waals surface area contributed by atoms with Gasteiger partial charge in [0.1, 0.15) is 12.4 Å². The fourth-order valence-corrected chi connectivity index (χ4v) is 3.11. The van der Waals surface area contributed by atoms with E-state index in [1.807, 2.05) is 30.3 Å². The molecule has 2 aromatic rings. The third-order valence-corrected chi connectivity index (χ3v) is 4.40. The number of carboxylic acid groups (broad SMARTS) is 1. The molecule has 1 aliphatic rings. The number of nitrogens with zero attached hydrogens (tertiary/aromatic N) is 1. The fourth-order valence-electron chi connectivity index (χ4n) is 3.11. The quantitative estimate of drug-likeness (QED) is 0.905. The number of carbonyl (C=O) groups is 2. The lowest BCUT2D eigenvalue weighted by molar-refractivity contribution is -0.140. The lowest BCUT2D eigenvalue weighted by Gasteiger charge is -2.49. The molecule has 0 aliphatic carbocycles. The lowest BCUT2D eigenvalue weighted by atomic mass is 9.71. The second-order valence-electron chi connectivity index (χ2n) is 6.25. The maximum Gasteiger partial charge on any atom is 0.410 e. The highest BCUT2D eigenvalue weighted by Crippen LogP contribution is 2.38. The molecule has 25 heavy (non-hydrogen) atoms. The zero-order valence-electron chi connectivity index (χ0n) is 13.5. The Bertz CT molecular complexity index is 755. The van der Waals surface area contributed by atoms with Gasteiger partial charge in [-0.2, -0.15) is 0 Å². The van der Waals surface area contributed by atoms with Crippen LogP contribution in [0.5, 0.6) is 0 Å². The minimum atomic E-state index is -0.957. The molecule has 1 fully saturated rings. The minimum Gasteiger partial charge on any atom is -0.481 e. The Morgan fingerprint density at radius 3 is 2.32 bits per heavy atom. The number of benzene rings is 2. The predicted molar refractivity (Wildman–Crippen MR) is 88.5 cm³/mol. The first-order valence-electron chi connectivity index (χ1n) is 7.92. The molecule has 1 amide bonds. The minimum absolute atomic E-state index is 0.124. The van der Waals surface area contributed by atoms with Crippen LogP contribution in [0.3, 0.4) is 0 Å². The van der Waals surface area contributed by atoms with Crippen LogP contribution in [0.15, 0.2) is 54.6 Å². The molecule has 130 valence electrons. The van der Waals surface area contributed by atoms with Crippen LogP contribution in [0.4, 0.5) is 9.18 Å². The molecule has 0 unspecified atom stereocenters. The van der Waals surface area contributed by atoms with Crippen molar-refractivity contribution in [3.63, 3.8) is 0 Å². The summed E-state index contributed by atoms with van der Waals surface area (Å²) in [5.41, 5.74) is 0.890. The number of carboxylic acids is 1. The van der Waals surface area contributed by atoms with Gasteiger partial charge in [0.2, 0.25) is 0 Å². The number of hydrogen-bond acceptors (Lipinski definition) is 3. The Balaban J connectivity index is 1.64. The number of ether oxygens (including phenoxy) is 1. The van der Waals surface area contributed by atoms with Gasteiger partial charge in [-0.1, -0.05) is 42.5 Å². The molecule has 0 aromatic heterocycles. The molecule has 0 atom stereocenters. The highest BCUT2D eigenvalue weighted by Gasteiger charge is 2.48. The van der Waals surface area contributed by atoms with Crippen LogP contribution in [-0.4, -0.2) is 35.2 Å². The van der Waals surface area contributed by atoms with Crippen LogP contribution in [0.2, 0.25) is 0 Å². The normalized spacial score (nSPS) is 15.3. The maximum atomic E-state index is 13.1. The highest BCUT2D eigenvalue weighted by atomic mass is 19.1. The van der Waals surface area contributed by atoms with E-state index in [0.29, 0.717) is 5.56 Å². The third-order valence-electron chi connectivity index (χ3n) is 4.40. The number of amides is 1. The van der Waals surface area contributed by atoms with Crippen molar-refractivity contribution in [3.05, 3.63) is 71.5 Å². The first-order chi connectivity index (χ1) is 12.0. The van der Waals surface area contributed by atoms with E-state index in [9.17, 15) is 19.1 Å². The molecule has 0 radical (unpaired) electrons. The van der Waals surface area contributed by atoms with Crippen LogP contribution in [0.25, 0.3) is 0 Å². The first kappa shape index (κ1) is 17.0. The number of likely N-dealkylation sites (tertiary alicyclic amines) is 1. The molecule has 5 nitrogen and oxygen atoms in total. The maximum absolute atomic E-state index is 13.1. The van der Waals surface area contributed by atoms with Gasteiger partial charge in [0.25, 0.3) is 0 Å². The van der Waals surface area contributed by atoms with Gasteiger partial charge >= 0.3 is 12.1 Å². The Morgan fingerprint density at radius 2 is 1.72 bits per heavy atom. The van der Waals surface area contributed by atoms with Crippen LogP contribution < -0.4 is 0 Å². The number of aliphatic carboxylic acids is 1. The van der Waals surface area contributed by atoms with E-state index < -0.39 is 17.5 Å². The van der Waals surface area contributed by atoms with Gasteiger partial charge < -0.3 is 14.7 Å². The van der Waals surface area contributed by atoms with Crippen LogP contribution >= 0.6 is 0 Å². The fraction of sp³-hybridized carbons (Fsp3) is 0.263. The topological polar surface area (TPSA) is 66.8 Å². The van der Waals surface area contributed by atoms with Crippen molar-refractivity contribution in [2.24, 2.45) is 0 Å². The first-order valence-corrected chi connectivity index (χ1v) is 7.92. The summed E-state index contributed by atoms with van der Waals surface area (Å²) in [5.74, 6) is -1.34. The van der Waals surface area contributed by atoms with Crippen molar-refractivity contribution in [2.75, 3.05) is 13.1 Å². The van der Waals surface area contributed by atoms with E-state index in [-0.39, 0.29) is 31.9 Å². The van der Waals surface area contributed by atoms with Gasteiger partial charge in [-0.3, -0.25) is 4.79 Å². The second-order valence-corrected chi connectivity index (χ2v) is 6.25. The van der Waals surface area contributed by atoms with Crippen molar-refractivity contribution in [2.45, 2.75) is 18.4 Å². The van der Waals surface area contributed by atoms with E-state index in [4.69, 9.17) is 4.74 Å².